The highest BCUT2D eigenvalue weighted by atomic mass is 32.1. The predicted molar refractivity (Wildman–Crippen MR) is 94.9 cm³/mol. The van der Waals surface area contributed by atoms with E-state index in [1.165, 1.54) is 17.1 Å². The maximum atomic E-state index is 11.9. The fourth-order valence-corrected chi connectivity index (χ4v) is 2.73. The van der Waals surface area contributed by atoms with E-state index in [9.17, 15) is 4.79 Å². The van der Waals surface area contributed by atoms with Crippen LogP contribution in [0.25, 0.3) is 0 Å². The van der Waals surface area contributed by atoms with Gasteiger partial charge in [0.1, 0.15) is 5.82 Å². The molecule has 0 fully saturated rings. The number of hydrogen-bond acceptors (Lipinski definition) is 5. The van der Waals surface area contributed by atoms with Crippen LogP contribution in [0.3, 0.4) is 0 Å². The van der Waals surface area contributed by atoms with Crippen molar-refractivity contribution in [1.82, 2.24) is 14.7 Å². The van der Waals surface area contributed by atoms with Gasteiger partial charge in [-0.2, -0.15) is 4.37 Å². The Balaban J connectivity index is 1.83. The number of benzene rings is 1. The number of nitrogens with zero attached hydrogens (tertiary/aromatic N) is 3. The van der Waals surface area contributed by atoms with Gasteiger partial charge >= 0.3 is 0 Å². The van der Waals surface area contributed by atoms with Crippen molar-refractivity contribution in [3.63, 3.8) is 0 Å². The Kier molecular flexibility index (Phi) is 6.52. The van der Waals surface area contributed by atoms with Crippen LogP contribution in [-0.4, -0.2) is 35.4 Å². The van der Waals surface area contributed by atoms with E-state index in [1.807, 2.05) is 30.1 Å². The molecule has 0 aliphatic heterocycles. The largest absolute Gasteiger partial charge is 0.355 e. The van der Waals surface area contributed by atoms with Crippen molar-refractivity contribution in [2.24, 2.45) is 5.92 Å². The van der Waals surface area contributed by atoms with Gasteiger partial charge in [-0.05, 0) is 17.9 Å². The lowest BCUT2D eigenvalue weighted by molar-refractivity contribution is -0.119. The van der Waals surface area contributed by atoms with Gasteiger partial charge in [0.15, 0.2) is 0 Å². The topological polar surface area (TPSA) is 58.1 Å². The van der Waals surface area contributed by atoms with Gasteiger partial charge in [-0.25, -0.2) is 4.98 Å². The number of anilines is 1. The number of hydrogen-bond donors (Lipinski definition) is 1. The first-order valence-electron chi connectivity index (χ1n) is 7.89. The van der Waals surface area contributed by atoms with Gasteiger partial charge in [-0.15, -0.1) is 0 Å². The zero-order valence-corrected chi connectivity index (χ0v) is 14.8. The summed E-state index contributed by atoms with van der Waals surface area (Å²) in [4.78, 5) is 18.3. The molecule has 0 unspecified atom stereocenters. The molecule has 0 radical (unpaired) electrons. The normalized spacial score (nSPS) is 10.8. The Hall–Kier alpha value is -1.95. The fourth-order valence-electron chi connectivity index (χ4n) is 2.09. The molecular formula is C17H24N4OS. The van der Waals surface area contributed by atoms with Crippen LogP contribution < -0.4 is 10.2 Å². The first-order valence-corrected chi connectivity index (χ1v) is 8.66. The number of nitrogens with one attached hydrogen (secondary N) is 1. The molecular weight excluding hydrogens is 308 g/mol. The van der Waals surface area contributed by atoms with Gasteiger partial charge in [0.25, 0.3) is 0 Å². The molecule has 5 nitrogen and oxygen atoms in total. The lowest BCUT2D eigenvalue weighted by atomic mass is 10.1. The second-order valence-electron chi connectivity index (χ2n) is 6.04. The summed E-state index contributed by atoms with van der Waals surface area (Å²) in [5.74, 6) is 1.41. The number of amides is 1. The third-order valence-electron chi connectivity index (χ3n) is 3.41. The Morgan fingerprint density at radius 2 is 2.04 bits per heavy atom. The standard InChI is InChI=1S/C17H24N4OS/c1-13(2)9-10-18-16(22)12-21(3)17-19-15(20-23-17)11-14-7-5-4-6-8-14/h4-8,13H,9-12H2,1-3H3,(H,18,22). The molecule has 0 saturated heterocycles. The smallest absolute Gasteiger partial charge is 0.239 e. The van der Waals surface area contributed by atoms with Crippen molar-refractivity contribution in [2.75, 3.05) is 25.0 Å². The van der Waals surface area contributed by atoms with Gasteiger partial charge in [-0.1, -0.05) is 44.2 Å². The van der Waals surface area contributed by atoms with Gasteiger partial charge < -0.3 is 10.2 Å². The molecule has 1 N–H and O–H groups in total. The van der Waals surface area contributed by atoms with Crippen molar-refractivity contribution in [2.45, 2.75) is 26.7 Å². The van der Waals surface area contributed by atoms with E-state index in [4.69, 9.17) is 0 Å². The van der Waals surface area contributed by atoms with E-state index in [2.05, 4.69) is 40.7 Å². The van der Waals surface area contributed by atoms with Gasteiger partial charge in [0, 0.05) is 31.5 Å². The maximum Gasteiger partial charge on any atom is 0.239 e. The van der Waals surface area contributed by atoms with Gasteiger partial charge in [0.2, 0.25) is 11.0 Å². The molecule has 0 atom stereocenters. The molecule has 0 aliphatic rings. The second kappa shape index (κ2) is 8.62. The zero-order chi connectivity index (χ0) is 16.7. The molecule has 1 heterocycles. The third kappa shape index (κ3) is 5.98. The molecule has 0 saturated carbocycles. The number of carbonyl (C=O) groups excluding carboxylic acids is 1. The molecule has 1 aromatic carbocycles. The molecule has 2 rings (SSSR count). The summed E-state index contributed by atoms with van der Waals surface area (Å²) in [6, 6.07) is 10.1. The van der Waals surface area contributed by atoms with Crippen molar-refractivity contribution in [3.8, 4) is 0 Å². The van der Waals surface area contributed by atoms with Gasteiger partial charge in [-0.3, -0.25) is 4.79 Å². The average Bonchev–Trinajstić information content (AvgIpc) is 2.96. The fraction of sp³-hybridized carbons (Fsp3) is 0.471. The summed E-state index contributed by atoms with van der Waals surface area (Å²) in [5, 5.41) is 3.71. The first-order chi connectivity index (χ1) is 11.0. The SMILES string of the molecule is CC(C)CCNC(=O)CN(C)c1nc(Cc2ccccc2)ns1. The highest BCUT2D eigenvalue weighted by Crippen LogP contribution is 2.17. The van der Waals surface area contributed by atoms with Crippen LogP contribution in [0.2, 0.25) is 0 Å². The van der Waals surface area contributed by atoms with Gasteiger partial charge in [0.05, 0.1) is 6.54 Å². The minimum absolute atomic E-state index is 0.0213. The minimum Gasteiger partial charge on any atom is -0.355 e. The molecule has 2 aromatic rings. The lowest BCUT2D eigenvalue weighted by Gasteiger charge is -2.15. The maximum absolute atomic E-state index is 11.9. The van der Waals surface area contributed by atoms with E-state index in [0.29, 0.717) is 18.9 Å². The molecule has 1 aromatic heterocycles. The number of likely N-dealkylation sites (N-methyl/N-ethyl adjacent to an activating group) is 1. The van der Waals surface area contributed by atoms with Crippen LogP contribution in [0.1, 0.15) is 31.7 Å². The number of aromatic nitrogens is 2. The van der Waals surface area contributed by atoms with Crippen LogP contribution in [0.15, 0.2) is 30.3 Å². The number of rotatable bonds is 8. The van der Waals surface area contributed by atoms with E-state index in [0.717, 1.165) is 23.9 Å². The molecule has 6 heteroatoms. The molecule has 1 amide bonds. The first kappa shape index (κ1) is 17.4. The van der Waals surface area contributed by atoms with Crippen molar-refractivity contribution < 1.29 is 4.79 Å². The van der Waals surface area contributed by atoms with Crippen LogP contribution >= 0.6 is 11.5 Å². The summed E-state index contributed by atoms with van der Waals surface area (Å²) in [6.45, 7) is 5.32. The summed E-state index contributed by atoms with van der Waals surface area (Å²) in [5.41, 5.74) is 1.19. The highest BCUT2D eigenvalue weighted by molar-refractivity contribution is 7.09. The summed E-state index contributed by atoms with van der Waals surface area (Å²) in [6.07, 6.45) is 1.71. The average molecular weight is 332 g/mol. The Morgan fingerprint density at radius 1 is 1.30 bits per heavy atom. The van der Waals surface area contributed by atoms with Crippen LogP contribution in [0.5, 0.6) is 0 Å². The molecule has 0 aliphatic carbocycles. The van der Waals surface area contributed by atoms with Crippen molar-refractivity contribution in [3.05, 3.63) is 41.7 Å². The minimum atomic E-state index is 0.0213. The summed E-state index contributed by atoms with van der Waals surface area (Å²) < 4.78 is 4.38. The quantitative estimate of drug-likeness (QED) is 0.807. The molecule has 0 spiro atoms. The van der Waals surface area contributed by atoms with Crippen molar-refractivity contribution >= 4 is 22.6 Å². The predicted octanol–water partition coefficient (Wildman–Crippen LogP) is 2.73. The Bertz CT molecular complexity index is 612. The zero-order valence-electron chi connectivity index (χ0n) is 14.0. The van der Waals surface area contributed by atoms with Crippen LogP contribution in [0.4, 0.5) is 5.13 Å². The summed E-state index contributed by atoms with van der Waals surface area (Å²) in [7, 11) is 1.87. The second-order valence-corrected chi connectivity index (χ2v) is 6.77. The molecule has 0 bridgehead atoms. The van der Waals surface area contributed by atoms with E-state index in [1.54, 1.807) is 0 Å². The van der Waals surface area contributed by atoms with E-state index < -0.39 is 0 Å². The summed E-state index contributed by atoms with van der Waals surface area (Å²) >= 11 is 1.33. The van der Waals surface area contributed by atoms with Crippen LogP contribution in [-0.2, 0) is 11.2 Å². The Morgan fingerprint density at radius 3 is 2.74 bits per heavy atom. The monoisotopic (exact) mass is 332 g/mol. The Labute approximate surface area is 141 Å². The van der Waals surface area contributed by atoms with Crippen LogP contribution in [0, 0.1) is 5.92 Å². The lowest BCUT2D eigenvalue weighted by Crippen LogP contribution is -2.35. The molecule has 23 heavy (non-hydrogen) atoms. The number of carbonyl (C=O) groups is 1. The van der Waals surface area contributed by atoms with E-state index >= 15 is 0 Å². The third-order valence-corrected chi connectivity index (χ3v) is 4.28. The molecule has 124 valence electrons. The highest BCUT2D eigenvalue weighted by Gasteiger charge is 2.12. The van der Waals surface area contributed by atoms with E-state index in [-0.39, 0.29) is 5.91 Å². The van der Waals surface area contributed by atoms with Crippen molar-refractivity contribution in [1.29, 1.82) is 0 Å².